The van der Waals surface area contributed by atoms with Crippen LogP contribution in [0.4, 0.5) is 26.7 Å². The predicted octanol–water partition coefficient (Wildman–Crippen LogP) is 1.30. The van der Waals surface area contributed by atoms with Crippen molar-refractivity contribution >= 4 is 18.5 Å². The van der Waals surface area contributed by atoms with E-state index in [1.54, 1.807) is 5.32 Å². The largest absolute Gasteiger partial charge is 0.440 e. The maximum absolute atomic E-state index is 12.9. The fourth-order valence-corrected chi connectivity index (χ4v) is 1.14. The average molecular weight is 285 g/mol. The van der Waals surface area contributed by atoms with Crippen LogP contribution in [0.1, 0.15) is 0 Å². The first kappa shape index (κ1) is 16.2. The molecule has 1 aliphatic rings. The van der Waals surface area contributed by atoms with E-state index in [9.17, 15) is 26.7 Å². The Bertz CT molecular complexity index is 273. The Morgan fingerprint density at radius 3 is 2.47 bits per heavy atom. The van der Waals surface area contributed by atoms with Crippen LogP contribution in [-0.2, 0) is 4.74 Å². The van der Waals surface area contributed by atoms with Crippen molar-refractivity contribution in [3.8, 4) is 0 Å². The molecule has 0 aromatic carbocycles. The number of amides is 1. The van der Waals surface area contributed by atoms with Crippen LogP contribution in [0.15, 0.2) is 0 Å². The summed E-state index contributed by atoms with van der Waals surface area (Å²) in [5, 5.41) is 3.97. The summed E-state index contributed by atoms with van der Waals surface area (Å²) < 4.78 is 64.4. The highest BCUT2D eigenvalue weighted by molar-refractivity contribution is 5.85. The standard InChI is InChI=1S/C7H9F5N2O2.ClH/c8-6(9)2-13-1-4(6)14-5(15)16-3-7(10,11)12;/h4,13H,1-3H2,(H,14,15);1H. The molecule has 1 fully saturated rings. The molecular weight excluding hydrogens is 275 g/mol. The third-order valence-electron chi connectivity index (χ3n) is 1.88. The minimum Gasteiger partial charge on any atom is -0.440 e. The van der Waals surface area contributed by atoms with Crippen molar-refractivity contribution < 1.29 is 31.5 Å². The Balaban J connectivity index is 0.00000256. The molecule has 1 heterocycles. The van der Waals surface area contributed by atoms with E-state index >= 15 is 0 Å². The highest BCUT2D eigenvalue weighted by Gasteiger charge is 2.45. The Labute approximate surface area is 99.3 Å². The molecule has 1 amide bonds. The summed E-state index contributed by atoms with van der Waals surface area (Å²) in [6.45, 7) is -2.64. The number of hydrogen-bond donors (Lipinski definition) is 2. The molecule has 0 aromatic rings. The van der Waals surface area contributed by atoms with Crippen LogP contribution in [0.2, 0.25) is 0 Å². The van der Waals surface area contributed by atoms with Gasteiger partial charge < -0.3 is 15.4 Å². The van der Waals surface area contributed by atoms with Crippen LogP contribution >= 0.6 is 12.4 Å². The first-order chi connectivity index (χ1) is 7.21. The fourth-order valence-electron chi connectivity index (χ4n) is 1.14. The van der Waals surface area contributed by atoms with Gasteiger partial charge in [0.05, 0.1) is 6.54 Å². The van der Waals surface area contributed by atoms with Gasteiger partial charge in [0, 0.05) is 6.54 Å². The summed E-state index contributed by atoms with van der Waals surface area (Å²) in [6.07, 6.45) is -6.18. The van der Waals surface area contributed by atoms with Crippen molar-refractivity contribution in [3.63, 3.8) is 0 Å². The molecule has 1 atom stereocenters. The van der Waals surface area contributed by atoms with Crippen LogP contribution in [-0.4, -0.2) is 43.9 Å². The third-order valence-corrected chi connectivity index (χ3v) is 1.88. The van der Waals surface area contributed by atoms with E-state index in [4.69, 9.17) is 0 Å². The molecule has 17 heavy (non-hydrogen) atoms. The van der Waals surface area contributed by atoms with Crippen molar-refractivity contribution in [2.24, 2.45) is 0 Å². The van der Waals surface area contributed by atoms with Gasteiger partial charge in [-0.3, -0.25) is 0 Å². The quantitative estimate of drug-likeness (QED) is 0.752. The monoisotopic (exact) mass is 284 g/mol. The number of hydrogen-bond acceptors (Lipinski definition) is 3. The molecule has 102 valence electrons. The topological polar surface area (TPSA) is 50.4 Å². The second-order valence-electron chi connectivity index (χ2n) is 3.28. The van der Waals surface area contributed by atoms with Crippen LogP contribution in [0.3, 0.4) is 0 Å². The molecule has 0 aliphatic carbocycles. The summed E-state index contributed by atoms with van der Waals surface area (Å²) in [5.74, 6) is -3.18. The number of nitrogens with one attached hydrogen (secondary N) is 2. The van der Waals surface area contributed by atoms with Gasteiger partial charge in [-0.25, -0.2) is 13.6 Å². The van der Waals surface area contributed by atoms with Gasteiger partial charge >= 0.3 is 12.3 Å². The molecule has 2 N–H and O–H groups in total. The van der Waals surface area contributed by atoms with Gasteiger partial charge in [0.15, 0.2) is 6.61 Å². The summed E-state index contributed by atoms with van der Waals surface area (Å²) in [4.78, 5) is 10.7. The maximum atomic E-state index is 12.9. The Morgan fingerprint density at radius 2 is 2.06 bits per heavy atom. The lowest BCUT2D eigenvalue weighted by Gasteiger charge is -2.19. The number of carbonyl (C=O) groups excluding carboxylic acids is 1. The number of alkyl halides is 5. The maximum Gasteiger partial charge on any atom is 0.422 e. The smallest absolute Gasteiger partial charge is 0.422 e. The van der Waals surface area contributed by atoms with E-state index < -0.39 is 37.4 Å². The fraction of sp³-hybridized carbons (Fsp3) is 0.857. The predicted molar refractivity (Wildman–Crippen MR) is 49.4 cm³/mol. The number of alkyl carbamates (subject to hydrolysis) is 1. The van der Waals surface area contributed by atoms with Crippen LogP contribution in [0, 0.1) is 0 Å². The first-order valence-corrected chi connectivity index (χ1v) is 4.29. The second-order valence-corrected chi connectivity index (χ2v) is 3.28. The minimum absolute atomic E-state index is 0. The van der Waals surface area contributed by atoms with Gasteiger partial charge in [-0.15, -0.1) is 12.4 Å². The van der Waals surface area contributed by atoms with Crippen molar-refractivity contribution in [2.75, 3.05) is 19.7 Å². The van der Waals surface area contributed by atoms with E-state index in [0.717, 1.165) is 0 Å². The highest BCUT2D eigenvalue weighted by Crippen LogP contribution is 2.22. The van der Waals surface area contributed by atoms with E-state index in [-0.39, 0.29) is 19.0 Å². The zero-order valence-electron chi connectivity index (χ0n) is 8.31. The molecular formula is C7H10ClF5N2O2. The Kier molecular flexibility index (Phi) is 5.40. The molecule has 0 bridgehead atoms. The lowest BCUT2D eigenvalue weighted by Crippen LogP contribution is -2.47. The van der Waals surface area contributed by atoms with E-state index in [1.165, 1.54) is 0 Å². The van der Waals surface area contributed by atoms with E-state index in [2.05, 4.69) is 10.1 Å². The molecule has 1 saturated heterocycles. The molecule has 0 radical (unpaired) electrons. The number of rotatable bonds is 2. The summed E-state index contributed by atoms with van der Waals surface area (Å²) >= 11 is 0. The Hall–Kier alpha value is -0.830. The molecule has 0 saturated carbocycles. The lowest BCUT2D eigenvalue weighted by atomic mass is 10.2. The van der Waals surface area contributed by atoms with Crippen molar-refractivity contribution in [1.82, 2.24) is 10.6 Å². The Morgan fingerprint density at radius 1 is 1.47 bits per heavy atom. The average Bonchev–Trinajstić information content (AvgIpc) is 2.42. The summed E-state index contributed by atoms with van der Waals surface area (Å²) in [6, 6.07) is -1.55. The van der Waals surface area contributed by atoms with Gasteiger partial charge in [-0.1, -0.05) is 0 Å². The molecule has 1 aliphatic heterocycles. The molecule has 10 heteroatoms. The van der Waals surface area contributed by atoms with E-state index in [1.807, 2.05) is 0 Å². The number of carbonyl (C=O) groups is 1. The molecule has 4 nitrogen and oxygen atoms in total. The molecule has 1 unspecified atom stereocenters. The van der Waals surface area contributed by atoms with Gasteiger partial charge in [-0.05, 0) is 0 Å². The third kappa shape index (κ3) is 5.35. The van der Waals surface area contributed by atoms with Crippen molar-refractivity contribution in [3.05, 3.63) is 0 Å². The second kappa shape index (κ2) is 5.67. The van der Waals surface area contributed by atoms with Crippen LogP contribution < -0.4 is 10.6 Å². The zero-order chi connectivity index (χ0) is 12.4. The van der Waals surface area contributed by atoms with Gasteiger partial charge in [0.2, 0.25) is 0 Å². The van der Waals surface area contributed by atoms with Crippen molar-refractivity contribution in [1.29, 1.82) is 0 Å². The number of ether oxygens (including phenoxy) is 1. The number of halogens is 6. The summed E-state index contributed by atoms with van der Waals surface area (Å²) in [7, 11) is 0. The molecule has 1 rings (SSSR count). The van der Waals surface area contributed by atoms with Crippen LogP contribution in [0.25, 0.3) is 0 Å². The normalized spacial score (nSPS) is 22.8. The SMILES string of the molecule is Cl.O=C(NC1CNCC1(F)F)OCC(F)(F)F. The molecule has 0 spiro atoms. The first-order valence-electron chi connectivity index (χ1n) is 4.29. The van der Waals surface area contributed by atoms with Crippen LogP contribution in [0.5, 0.6) is 0 Å². The van der Waals surface area contributed by atoms with E-state index in [0.29, 0.717) is 0 Å². The highest BCUT2D eigenvalue weighted by atomic mass is 35.5. The molecule has 0 aromatic heterocycles. The minimum atomic E-state index is -4.67. The van der Waals surface area contributed by atoms with Gasteiger partial charge in [0.25, 0.3) is 5.92 Å². The zero-order valence-corrected chi connectivity index (χ0v) is 9.13. The summed E-state index contributed by atoms with van der Waals surface area (Å²) in [5.41, 5.74) is 0. The van der Waals surface area contributed by atoms with Gasteiger partial charge in [-0.2, -0.15) is 13.2 Å². The van der Waals surface area contributed by atoms with Gasteiger partial charge in [0.1, 0.15) is 6.04 Å². The van der Waals surface area contributed by atoms with Crippen molar-refractivity contribution in [2.45, 2.75) is 18.1 Å². The lowest BCUT2D eigenvalue weighted by molar-refractivity contribution is -0.160.